The molecule has 0 saturated carbocycles. The number of benzene rings is 3. The van der Waals surface area contributed by atoms with Crippen molar-refractivity contribution >= 4 is 28.4 Å². The van der Waals surface area contributed by atoms with E-state index >= 15 is 0 Å². The molecule has 5 rings (SSSR count). The number of likely N-dealkylation sites (tertiary alicyclic amines) is 1. The zero-order chi connectivity index (χ0) is 25.4. The van der Waals surface area contributed by atoms with E-state index < -0.39 is 17.7 Å². The fraction of sp³-hybridized carbons (Fsp3) is 0.172. The molecule has 3 aromatic carbocycles. The smallest absolute Gasteiger partial charge is 0.295 e. The average Bonchev–Trinajstić information content (AvgIpc) is 3.40. The van der Waals surface area contributed by atoms with Crippen LogP contribution in [0.3, 0.4) is 0 Å². The first kappa shape index (κ1) is 23.2. The van der Waals surface area contributed by atoms with Crippen LogP contribution in [-0.4, -0.2) is 45.4 Å². The lowest BCUT2D eigenvalue weighted by molar-refractivity contribution is -0.139. The van der Waals surface area contributed by atoms with Crippen molar-refractivity contribution in [3.05, 3.63) is 101 Å². The van der Waals surface area contributed by atoms with Crippen LogP contribution < -0.4 is 4.74 Å². The molecule has 2 heterocycles. The number of aliphatic hydroxyl groups is 1. The highest BCUT2D eigenvalue weighted by Crippen LogP contribution is 2.40. The maximum Gasteiger partial charge on any atom is 0.295 e. The SMILES string of the molecule is COc1ccc(/C(O)=C2\C(=O)C(=O)N(CCc3c[nH]c4ccccc34)C2c2cccc(O)c2)cc1C. The van der Waals surface area contributed by atoms with Gasteiger partial charge in [-0.05, 0) is 66.4 Å². The molecule has 7 heteroatoms. The number of aryl methyl sites for hydroxylation is 1. The lowest BCUT2D eigenvalue weighted by Crippen LogP contribution is -2.31. The van der Waals surface area contributed by atoms with Gasteiger partial charge >= 0.3 is 0 Å². The normalized spacial score (nSPS) is 17.2. The monoisotopic (exact) mass is 482 g/mol. The molecule has 0 radical (unpaired) electrons. The number of aromatic hydroxyl groups is 1. The maximum atomic E-state index is 13.3. The number of aromatic amines is 1. The number of carbonyl (C=O) groups excluding carboxylic acids is 2. The Bertz CT molecular complexity index is 1520. The molecule has 1 amide bonds. The Hall–Kier alpha value is -4.52. The number of H-pyrrole nitrogens is 1. The van der Waals surface area contributed by atoms with Crippen molar-refractivity contribution in [1.82, 2.24) is 9.88 Å². The van der Waals surface area contributed by atoms with E-state index in [0.29, 0.717) is 23.3 Å². The molecule has 3 N–H and O–H groups in total. The summed E-state index contributed by atoms with van der Waals surface area (Å²) in [6.45, 7) is 2.09. The summed E-state index contributed by atoms with van der Waals surface area (Å²) in [6.07, 6.45) is 2.42. The number of aromatic nitrogens is 1. The van der Waals surface area contributed by atoms with E-state index in [1.54, 1.807) is 37.4 Å². The van der Waals surface area contributed by atoms with E-state index in [-0.39, 0.29) is 23.6 Å². The first-order valence-electron chi connectivity index (χ1n) is 11.7. The van der Waals surface area contributed by atoms with E-state index in [4.69, 9.17) is 4.74 Å². The van der Waals surface area contributed by atoms with E-state index in [2.05, 4.69) is 4.98 Å². The zero-order valence-corrected chi connectivity index (χ0v) is 20.0. The number of hydrogen-bond donors (Lipinski definition) is 3. The third-order valence-corrected chi connectivity index (χ3v) is 6.69. The second kappa shape index (κ2) is 9.26. The van der Waals surface area contributed by atoms with Gasteiger partial charge in [0.2, 0.25) is 0 Å². The van der Waals surface area contributed by atoms with E-state index in [1.807, 2.05) is 37.4 Å². The molecule has 0 spiro atoms. The molecule has 4 aromatic rings. The third-order valence-electron chi connectivity index (χ3n) is 6.69. The summed E-state index contributed by atoms with van der Waals surface area (Å²) in [5.74, 6) is -1.05. The maximum absolute atomic E-state index is 13.3. The molecule has 182 valence electrons. The number of hydrogen-bond acceptors (Lipinski definition) is 5. The summed E-state index contributed by atoms with van der Waals surface area (Å²) in [5, 5.41) is 22.5. The number of aliphatic hydroxyl groups excluding tert-OH is 1. The Balaban J connectivity index is 1.58. The topological polar surface area (TPSA) is 103 Å². The molecular weight excluding hydrogens is 456 g/mol. The van der Waals surface area contributed by atoms with Crippen LogP contribution in [0.1, 0.15) is 28.3 Å². The average molecular weight is 483 g/mol. The van der Waals surface area contributed by atoms with Gasteiger partial charge in [0.25, 0.3) is 11.7 Å². The summed E-state index contributed by atoms with van der Waals surface area (Å²) in [6, 6.07) is 18.6. The van der Waals surface area contributed by atoms with Gasteiger partial charge in [0, 0.05) is 29.2 Å². The molecule has 36 heavy (non-hydrogen) atoms. The van der Waals surface area contributed by atoms with Gasteiger partial charge in [-0.25, -0.2) is 0 Å². The Morgan fingerprint density at radius 2 is 1.86 bits per heavy atom. The Morgan fingerprint density at radius 1 is 1.06 bits per heavy atom. The number of phenols is 1. The van der Waals surface area contributed by atoms with Crippen LogP contribution >= 0.6 is 0 Å². The van der Waals surface area contributed by atoms with Gasteiger partial charge < -0.3 is 24.8 Å². The lowest BCUT2D eigenvalue weighted by atomic mass is 9.94. The molecule has 1 atom stereocenters. The van der Waals surface area contributed by atoms with Crippen LogP contribution in [-0.2, 0) is 16.0 Å². The number of amides is 1. The highest BCUT2D eigenvalue weighted by molar-refractivity contribution is 6.46. The van der Waals surface area contributed by atoms with E-state index in [1.165, 1.54) is 17.0 Å². The summed E-state index contributed by atoms with van der Waals surface area (Å²) in [7, 11) is 1.56. The number of fused-ring (bicyclic) bond motifs is 1. The van der Waals surface area contributed by atoms with Crippen LogP contribution in [0, 0.1) is 6.92 Å². The quantitative estimate of drug-likeness (QED) is 0.207. The summed E-state index contributed by atoms with van der Waals surface area (Å²) in [4.78, 5) is 31.2. The largest absolute Gasteiger partial charge is 0.508 e. The number of ether oxygens (including phenoxy) is 1. The number of nitrogens with one attached hydrogen (secondary N) is 1. The molecule has 1 aromatic heterocycles. The van der Waals surface area contributed by atoms with Crippen molar-refractivity contribution in [1.29, 1.82) is 0 Å². The van der Waals surface area contributed by atoms with Crippen molar-refractivity contribution in [2.75, 3.05) is 13.7 Å². The minimum absolute atomic E-state index is 0.00547. The summed E-state index contributed by atoms with van der Waals surface area (Å²) in [5.41, 5.74) is 3.74. The summed E-state index contributed by atoms with van der Waals surface area (Å²) < 4.78 is 5.30. The van der Waals surface area contributed by atoms with E-state index in [9.17, 15) is 19.8 Å². The number of phenolic OH excluding ortho intramolecular Hbond substituents is 1. The highest BCUT2D eigenvalue weighted by Gasteiger charge is 2.46. The van der Waals surface area contributed by atoms with Crippen LogP contribution in [0.25, 0.3) is 16.7 Å². The minimum atomic E-state index is -0.843. The predicted molar refractivity (Wildman–Crippen MR) is 137 cm³/mol. The fourth-order valence-corrected chi connectivity index (χ4v) is 4.91. The molecule has 1 fully saturated rings. The van der Waals surface area contributed by atoms with Crippen LogP contribution in [0.2, 0.25) is 0 Å². The number of carbonyl (C=O) groups is 2. The molecule has 0 aliphatic carbocycles. The van der Waals surface area contributed by atoms with Gasteiger partial charge in [-0.3, -0.25) is 9.59 Å². The standard InChI is InChI=1S/C29H26N2O5/c1-17-14-19(10-11-24(17)36-2)27(33)25-26(18-6-5-7-21(32)15-18)31(29(35)28(25)34)13-12-20-16-30-23-9-4-3-8-22(20)23/h3-11,14-16,26,30,32-33H,12-13H2,1-2H3/b27-25+. The van der Waals surface area contributed by atoms with Crippen molar-refractivity contribution < 1.29 is 24.5 Å². The van der Waals surface area contributed by atoms with Gasteiger partial charge in [0.1, 0.15) is 17.3 Å². The molecule has 0 bridgehead atoms. The number of ketones is 1. The van der Waals surface area contributed by atoms with Crippen LogP contribution in [0.15, 0.2) is 78.5 Å². The minimum Gasteiger partial charge on any atom is -0.508 e. The second-order valence-corrected chi connectivity index (χ2v) is 8.88. The zero-order valence-electron chi connectivity index (χ0n) is 20.0. The number of rotatable bonds is 6. The predicted octanol–water partition coefficient (Wildman–Crippen LogP) is 4.85. The second-order valence-electron chi connectivity index (χ2n) is 8.88. The number of methoxy groups -OCH3 is 1. The fourth-order valence-electron chi connectivity index (χ4n) is 4.91. The van der Waals surface area contributed by atoms with Crippen molar-refractivity contribution in [3.8, 4) is 11.5 Å². The summed E-state index contributed by atoms with van der Waals surface area (Å²) >= 11 is 0. The van der Waals surface area contributed by atoms with Crippen molar-refractivity contribution in [3.63, 3.8) is 0 Å². The van der Waals surface area contributed by atoms with Gasteiger partial charge in [0.05, 0.1) is 18.7 Å². The number of nitrogens with zero attached hydrogens (tertiary/aromatic N) is 1. The number of Topliss-reactive ketones (excluding diaryl/α,β-unsaturated/α-hetero) is 1. The van der Waals surface area contributed by atoms with Gasteiger partial charge in [-0.2, -0.15) is 0 Å². The molecular formula is C29H26N2O5. The Kier molecular flexibility index (Phi) is 5.98. The lowest BCUT2D eigenvalue weighted by Gasteiger charge is -2.25. The first-order chi connectivity index (χ1) is 17.4. The molecule has 1 aliphatic rings. The first-order valence-corrected chi connectivity index (χ1v) is 11.7. The van der Waals surface area contributed by atoms with E-state index in [0.717, 1.165) is 22.0 Å². The van der Waals surface area contributed by atoms with Crippen LogP contribution in [0.4, 0.5) is 0 Å². The Morgan fingerprint density at radius 3 is 2.61 bits per heavy atom. The molecule has 1 unspecified atom stereocenters. The molecule has 7 nitrogen and oxygen atoms in total. The third kappa shape index (κ3) is 3.98. The van der Waals surface area contributed by atoms with Gasteiger partial charge in [-0.15, -0.1) is 0 Å². The van der Waals surface area contributed by atoms with Gasteiger partial charge in [0.15, 0.2) is 0 Å². The van der Waals surface area contributed by atoms with Crippen molar-refractivity contribution in [2.24, 2.45) is 0 Å². The molecule has 1 aliphatic heterocycles. The van der Waals surface area contributed by atoms with Gasteiger partial charge in [-0.1, -0.05) is 30.3 Å². The Labute approximate surface area is 208 Å². The number of para-hydroxylation sites is 1. The highest BCUT2D eigenvalue weighted by atomic mass is 16.5. The van der Waals surface area contributed by atoms with Crippen LogP contribution in [0.5, 0.6) is 11.5 Å². The molecule has 1 saturated heterocycles. The van der Waals surface area contributed by atoms with Crippen molar-refractivity contribution in [2.45, 2.75) is 19.4 Å².